The maximum atomic E-state index is 12.1. The molecule has 0 aliphatic carbocycles. The first-order chi connectivity index (χ1) is 8.97. The summed E-state index contributed by atoms with van der Waals surface area (Å²) in [5, 5.41) is 3.73. The van der Waals surface area contributed by atoms with Crippen LogP contribution in [0.15, 0.2) is 30.5 Å². The molecule has 1 heterocycles. The number of hydrogen-bond acceptors (Lipinski definition) is 2. The van der Waals surface area contributed by atoms with Crippen molar-refractivity contribution in [1.82, 2.24) is 4.98 Å². The number of nitrogens with one attached hydrogen (secondary N) is 1. The van der Waals surface area contributed by atoms with E-state index in [0.29, 0.717) is 15.7 Å². The average Bonchev–Trinajstić information content (AvgIpc) is 2.33. The van der Waals surface area contributed by atoms with Gasteiger partial charge in [0.05, 0.1) is 10.7 Å². The topological polar surface area (TPSA) is 42.0 Å². The van der Waals surface area contributed by atoms with Crippen molar-refractivity contribution >= 4 is 34.8 Å². The van der Waals surface area contributed by atoms with E-state index in [-0.39, 0.29) is 11.6 Å². The van der Waals surface area contributed by atoms with Gasteiger partial charge in [-0.3, -0.25) is 9.78 Å². The molecule has 0 radical (unpaired) electrons. The summed E-state index contributed by atoms with van der Waals surface area (Å²) in [6.45, 7) is 3.84. The number of rotatable bonds is 2. The second-order valence-electron chi connectivity index (χ2n) is 4.25. The minimum Gasteiger partial charge on any atom is -0.319 e. The molecule has 0 atom stereocenters. The molecule has 19 heavy (non-hydrogen) atoms. The van der Waals surface area contributed by atoms with E-state index in [1.807, 2.05) is 19.9 Å². The summed E-state index contributed by atoms with van der Waals surface area (Å²) >= 11 is 12.0. The Morgan fingerprint density at radius 1 is 1.21 bits per heavy atom. The lowest BCUT2D eigenvalue weighted by molar-refractivity contribution is 0.102. The number of carbonyl (C=O) groups excluding carboxylic acids is 1. The molecule has 1 aromatic carbocycles. The van der Waals surface area contributed by atoms with E-state index < -0.39 is 0 Å². The number of pyridine rings is 1. The van der Waals surface area contributed by atoms with Gasteiger partial charge in [-0.1, -0.05) is 29.3 Å². The number of halogens is 2. The van der Waals surface area contributed by atoms with Gasteiger partial charge in [-0.15, -0.1) is 0 Å². The normalized spacial score (nSPS) is 10.3. The molecule has 0 fully saturated rings. The van der Waals surface area contributed by atoms with Crippen LogP contribution in [0.2, 0.25) is 10.0 Å². The van der Waals surface area contributed by atoms with Crippen LogP contribution in [0, 0.1) is 13.8 Å². The Labute approximate surface area is 121 Å². The fraction of sp³-hybridized carbons (Fsp3) is 0.143. The summed E-state index contributed by atoms with van der Waals surface area (Å²) in [7, 11) is 0. The molecule has 0 spiro atoms. The molecular weight excluding hydrogens is 283 g/mol. The molecule has 2 rings (SSSR count). The van der Waals surface area contributed by atoms with Gasteiger partial charge in [0.2, 0.25) is 0 Å². The van der Waals surface area contributed by atoms with E-state index in [1.54, 1.807) is 12.1 Å². The zero-order chi connectivity index (χ0) is 14.0. The Balaban J connectivity index is 2.29. The maximum Gasteiger partial charge on any atom is 0.274 e. The number of hydrogen-bond donors (Lipinski definition) is 1. The molecule has 3 nitrogen and oxygen atoms in total. The van der Waals surface area contributed by atoms with Gasteiger partial charge in [0, 0.05) is 11.2 Å². The van der Waals surface area contributed by atoms with E-state index >= 15 is 0 Å². The van der Waals surface area contributed by atoms with Crippen molar-refractivity contribution in [2.24, 2.45) is 0 Å². The highest BCUT2D eigenvalue weighted by Gasteiger charge is 2.12. The average molecular weight is 295 g/mol. The van der Waals surface area contributed by atoms with E-state index in [2.05, 4.69) is 10.3 Å². The lowest BCUT2D eigenvalue weighted by Gasteiger charge is -2.11. The summed E-state index contributed by atoms with van der Waals surface area (Å²) in [5.41, 5.74) is 2.80. The highest BCUT2D eigenvalue weighted by molar-refractivity contribution is 6.34. The van der Waals surface area contributed by atoms with Crippen molar-refractivity contribution in [3.05, 3.63) is 57.3 Å². The lowest BCUT2D eigenvalue weighted by Crippen LogP contribution is -2.14. The largest absolute Gasteiger partial charge is 0.319 e. The maximum absolute atomic E-state index is 12.1. The van der Waals surface area contributed by atoms with Crippen LogP contribution in [0.4, 0.5) is 5.69 Å². The fourth-order valence-corrected chi connectivity index (χ4v) is 2.31. The summed E-state index contributed by atoms with van der Waals surface area (Å²) in [4.78, 5) is 16.0. The van der Waals surface area contributed by atoms with Gasteiger partial charge in [0.1, 0.15) is 5.69 Å². The molecule has 5 heteroatoms. The molecule has 1 aromatic heterocycles. The van der Waals surface area contributed by atoms with Crippen LogP contribution in [0.25, 0.3) is 0 Å². The van der Waals surface area contributed by atoms with E-state index in [0.717, 1.165) is 11.1 Å². The Hall–Kier alpha value is -1.58. The molecule has 1 N–H and O–H groups in total. The molecular formula is C14H12Cl2N2O. The number of nitrogens with zero attached hydrogens (tertiary/aromatic N) is 1. The van der Waals surface area contributed by atoms with Crippen LogP contribution < -0.4 is 5.32 Å². The molecule has 0 saturated heterocycles. The minimum absolute atomic E-state index is 0.253. The van der Waals surface area contributed by atoms with Crippen molar-refractivity contribution < 1.29 is 4.79 Å². The third-order valence-electron chi connectivity index (χ3n) is 2.62. The van der Waals surface area contributed by atoms with Gasteiger partial charge in [-0.2, -0.15) is 0 Å². The molecule has 0 saturated carbocycles. The summed E-state index contributed by atoms with van der Waals surface area (Å²) in [6.07, 6.45) is 1.49. The van der Waals surface area contributed by atoms with Crippen molar-refractivity contribution in [3.63, 3.8) is 0 Å². The van der Waals surface area contributed by atoms with Crippen molar-refractivity contribution in [2.75, 3.05) is 5.32 Å². The zero-order valence-corrected chi connectivity index (χ0v) is 12.0. The quantitative estimate of drug-likeness (QED) is 0.899. The third-order valence-corrected chi connectivity index (χ3v) is 3.16. The monoisotopic (exact) mass is 294 g/mol. The molecule has 0 unspecified atom stereocenters. The first-order valence-corrected chi connectivity index (χ1v) is 6.42. The lowest BCUT2D eigenvalue weighted by atomic mass is 10.1. The molecule has 0 aliphatic heterocycles. The Morgan fingerprint density at radius 2 is 1.95 bits per heavy atom. The van der Waals surface area contributed by atoms with Gasteiger partial charge in [-0.05, 0) is 43.2 Å². The van der Waals surface area contributed by atoms with Crippen LogP contribution in [-0.2, 0) is 0 Å². The number of benzene rings is 1. The first kappa shape index (κ1) is 13.8. The van der Waals surface area contributed by atoms with Crippen LogP contribution >= 0.6 is 23.2 Å². The Morgan fingerprint density at radius 3 is 2.58 bits per heavy atom. The number of amides is 1. The van der Waals surface area contributed by atoms with Crippen LogP contribution in [0.5, 0.6) is 0 Å². The van der Waals surface area contributed by atoms with Gasteiger partial charge in [-0.25, -0.2) is 0 Å². The summed E-state index contributed by atoms with van der Waals surface area (Å²) < 4.78 is 0. The third kappa shape index (κ3) is 3.25. The van der Waals surface area contributed by atoms with Gasteiger partial charge >= 0.3 is 0 Å². The zero-order valence-electron chi connectivity index (χ0n) is 10.5. The summed E-state index contributed by atoms with van der Waals surface area (Å²) in [6, 6.07) is 6.87. The number of carbonyl (C=O) groups is 1. The molecule has 0 bridgehead atoms. The standard InChI is InChI=1S/C14H12Cl2N2O/c1-8-5-9(2)13(11(16)6-8)18-14(19)12-7-10(15)3-4-17-12/h3-7H,1-2H3,(H,18,19). The van der Waals surface area contributed by atoms with Crippen molar-refractivity contribution in [3.8, 4) is 0 Å². The highest BCUT2D eigenvalue weighted by Crippen LogP contribution is 2.27. The first-order valence-electron chi connectivity index (χ1n) is 5.67. The van der Waals surface area contributed by atoms with Crippen molar-refractivity contribution in [2.45, 2.75) is 13.8 Å². The Kier molecular flexibility index (Phi) is 4.08. The van der Waals surface area contributed by atoms with Gasteiger partial charge < -0.3 is 5.32 Å². The smallest absolute Gasteiger partial charge is 0.274 e. The molecule has 98 valence electrons. The Bertz CT molecular complexity index is 618. The molecule has 1 amide bonds. The van der Waals surface area contributed by atoms with Crippen LogP contribution in [-0.4, -0.2) is 10.9 Å². The van der Waals surface area contributed by atoms with Gasteiger partial charge in [0.15, 0.2) is 0 Å². The number of anilines is 1. The second kappa shape index (κ2) is 5.59. The minimum atomic E-state index is -0.337. The predicted molar refractivity (Wildman–Crippen MR) is 78.1 cm³/mol. The van der Waals surface area contributed by atoms with Crippen molar-refractivity contribution in [1.29, 1.82) is 0 Å². The van der Waals surface area contributed by atoms with Gasteiger partial charge in [0.25, 0.3) is 5.91 Å². The van der Waals surface area contributed by atoms with E-state index in [1.165, 1.54) is 12.3 Å². The molecule has 0 aliphatic rings. The number of aryl methyl sites for hydroxylation is 2. The van der Waals surface area contributed by atoms with Crippen LogP contribution in [0.1, 0.15) is 21.6 Å². The molecule has 2 aromatic rings. The summed E-state index contributed by atoms with van der Waals surface area (Å²) in [5.74, 6) is -0.337. The van der Waals surface area contributed by atoms with E-state index in [4.69, 9.17) is 23.2 Å². The second-order valence-corrected chi connectivity index (χ2v) is 5.10. The van der Waals surface area contributed by atoms with E-state index in [9.17, 15) is 4.79 Å². The fourth-order valence-electron chi connectivity index (χ4n) is 1.78. The SMILES string of the molecule is Cc1cc(C)c(NC(=O)c2cc(Cl)ccn2)c(Cl)c1. The van der Waals surface area contributed by atoms with Crippen LogP contribution in [0.3, 0.4) is 0 Å². The number of aromatic nitrogens is 1. The highest BCUT2D eigenvalue weighted by atomic mass is 35.5. The predicted octanol–water partition coefficient (Wildman–Crippen LogP) is 4.26.